The van der Waals surface area contributed by atoms with Gasteiger partial charge in [-0.3, -0.25) is 9.80 Å². The summed E-state index contributed by atoms with van der Waals surface area (Å²) >= 11 is 0. The molecule has 2 fully saturated rings. The zero-order chi connectivity index (χ0) is 11.7. The van der Waals surface area contributed by atoms with Crippen LogP contribution in [0, 0.1) is 0 Å². The van der Waals surface area contributed by atoms with Gasteiger partial charge in [0.25, 0.3) is 0 Å². The number of fused-ring (bicyclic) bond motifs is 1. The predicted octanol–water partition coefficient (Wildman–Crippen LogP) is 1.15. The highest BCUT2D eigenvalue weighted by atomic mass is 15.3. The molecule has 17 heavy (non-hydrogen) atoms. The fourth-order valence-corrected chi connectivity index (χ4v) is 3.09. The molecule has 3 heterocycles. The highest BCUT2D eigenvalue weighted by molar-refractivity contribution is 5.01. The lowest BCUT2D eigenvalue weighted by Crippen LogP contribution is -2.54. The Balaban J connectivity index is 1.67. The largest absolute Gasteiger partial charge is 0.298 e. The molecule has 92 valence electrons. The second kappa shape index (κ2) is 4.70. The van der Waals surface area contributed by atoms with Crippen molar-refractivity contribution in [2.24, 2.45) is 0 Å². The smallest absolute Gasteiger partial charge is 0.0771 e. The van der Waals surface area contributed by atoms with Gasteiger partial charge in [0.1, 0.15) is 0 Å². The lowest BCUT2D eigenvalue weighted by molar-refractivity contribution is 0.0530. The second-order valence-electron chi connectivity index (χ2n) is 5.28. The van der Waals surface area contributed by atoms with Gasteiger partial charge in [-0.2, -0.15) is 10.2 Å². The van der Waals surface area contributed by atoms with Crippen molar-refractivity contribution in [1.29, 1.82) is 0 Å². The minimum atomic E-state index is 0.631. The molecule has 1 aromatic heterocycles. The minimum absolute atomic E-state index is 0.631. The van der Waals surface area contributed by atoms with Crippen LogP contribution in [0.4, 0.5) is 0 Å². The van der Waals surface area contributed by atoms with E-state index >= 15 is 0 Å². The van der Waals surface area contributed by atoms with E-state index in [4.69, 9.17) is 0 Å². The summed E-state index contributed by atoms with van der Waals surface area (Å²) in [4.78, 5) is 5.20. The molecule has 0 N–H and O–H groups in total. The van der Waals surface area contributed by atoms with Gasteiger partial charge in [0.2, 0.25) is 0 Å². The fraction of sp³-hybridized carbons (Fsp3) is 0.692. The summed E-state index contributed by atoms with van der Waals surface area (Å²) in [5.74, 6) is 0. The molecule has 2 aliphatic heterocycles. The van der Waals surface area contributed by atoms with Crippen LogP contribution in [-0.2, 0) is 6.54 Å². The van der Waals surface area contributed by atoms with E-state index in [0.29, 0.717) is 6.04 Å². The van der Waals surface area contributed by atoms with Gasteiger partial charge < -0.3 is 0 Å². The van der Waals surface area contributed by atoms with Crippen LogP contribution < -0.4 is 0 Å². The maximum Gasteiger partial charge on any atom is 0.0771 e. The zero-order valence-corrected chi connectivity index (χ0v) is 10.4. The van der Waals surface area contributed by atoms with Crippen LogP contribution in [-0.4, -0.2) is 51.7 Å². The third-order valence-corrected chi connectivity index (χ3v) is 4.06. The standard InChI is InChI=1S/C13H20N4/c1-11-8-16-7-3-5-13(16)10-17(11)9-12-4-2-6-14-15-12/h2,4,6,11,13H,3,5,7-10H2,1H3. The Morgan fingerprint density at radius 2 is 2.35 bits per heavy atom. The Hall–Kier alpha value is -1.00. The molecule has 4 nitrogen and oxygen atoms in total. The van der Waals surface area contributed by atoms with Crippen LogP contribution in [0.5, 0.6) is 0 Å². The van der Waals surface area contributed by atoms with E-state index < -0.39 is 0 Å². The molecule has 0 bridgehead atoms. The second-order valence-corrected chi connectivity index (χ2v) is 5.28. The molecule has 1 aromatic rings. The molecule has 3 rings (SSSR count). The molecule has 2 unspecified atom stereocenters. The Labute approximate surface area is 103 Å². The van der Waals surface area contributed by atoms with Crippen molar-refractivity contribution in [2.45, 2.75) is 38.4 Å². The van der Waals surface area contributed by atoms with Crippen LogP contribution in [0.2, 0.25) is 0 Å². The van der Waals surface area contributed by atoms with E-state index in [1.807, 2.05) is 6.07 Å². The Morgan fingerprint density at radius 3 is 3.18 bits per heavy atom. The first-order valence-electron chi connectivity index (χ1n) is 6.57. The maximum atomic E-state index is 4.19. The van der Waals surface area contributed by atoms with Crippen LogP contribution in [0.1, 0.15) is 25.5 Å². The molecule has 4 heteroatoms. The molecule has 2 saturated heterocycles. The maximum absolute atomic E-state index is 4.19. The van der Waals surface area contributed by atoms with E-state index in [1.165, 1.54) is 32.5 Å². The van der Waals surface area contributed by atoms with Gasteiger partial charge >= 0.3 is 0 Å². The van der Waals surface area contributed by atoms with E-state index in [2.05, 4.69) is 33.0 Å². The lowest BCUT2D eigenvalue weighted by atomic mass is 10.1. The Morgan fingerprint density at radius 1 is 1.41 bits per heavy atom. The first kappa shape index (κ1) is 11.1. The summed E-state index contributed by atoms with van der Waals surface area (Å²) < 4.78 is 0. The van der Waals surface area contributed by atoms with Gasteiger partial charge in [0.15, 0.2) is 0 Å². The third-order valence-electron chi connectivity index (χ3n) is 4.06. The SMILES string of the molecule is CC1CN2CCCC2CN1Cc1cccnn1. The first-order chi connectivity index (χ1) is 8.33. The Kier molecular flexibility index (Phi) is 3.07. The molecule has 0 aromatic carbocycles. The van der Waals surface area contributed by atoms with Crippen molar-refractivity contribution in [3.8, 4) is 0 Å². The average molecular weight is 232 g/mol. The van der Waals surface area contributed by atoms with Crippen LogP contribution >= 0.6 is 0 Å². The number of hydrogen-bond donors (Lipinski definition) is 0. The molecule has 0 radical (unpaired) electrons. The number of piperazine rings is 1. The summed E-state index contributed by atoms with van der Waals surface area (Å²) in [6.07, 6.45) is 4.47. The van der Waals surface area contributed by atoms with Crippen molar-refractivity contribution in [1.82, 2.24) is 20.0 Å². The van der Waals surface area contributed by atoms with E-state index in [1.54, 1.807) is 6.20 Å². The molecule has 2 atom stereocenters. The quantitative estimate of drug-likeness (QED) is 0.765. The van der Waals surface area contributed by atoms with Crippen LogP contribution in [0.25, 0.3) is 0 Å². The lowest BCUT2D eigenvalue weighted by Gasteiger charge is -2.42. The van der Waals surface area contributed by atoms with Crippen molar-refractivity contribution >= 4 is 0 Å². The van der Waals surface area contributed by atoms with E-state index in [9.17, 15) is 0 Å². The molecule has 0 spiro atoms. The zero-order valence-electron chi connectivity index (χ0n) is 10.4. The predicted molar refractivity (Wildman–Crippen MR) is 66.5 cm³/mol. The topological polar surface area (TPSA) is 32.3 Å². The summed E-state index contributed by atoms with van der Waals surface area (Å²) in [6, 6.07) is 5.45. The molecular formula is C13H20N4. The molecule has 0 saturated carbocycles. The summed E-state index contributed by atoms with van der Waals surface area (Å²) in [5, 5.41) is 8.14. The van der Waals surface area contributed by atoms with Gasteiger partial charge in [0, 0.05) is 37.9 Å². The van der Waals surface area contributed by atoms with Crippen molar-refractivity contribution in [2.75, 3.05) is 19.6 Å². The monoisotopic (exact) mass is 232 g/mol. The summed E-state index contributed by atoms with van der Waals surface area (Å²) in [5.41, 5.74) is 1.09. The number of nitrogens with zero attached hydrogens (tertiary/aromatic N) is 4. The van der Waals surface area contributed by atoms with Gasteiger partial charge in [0.05, 0.1) is 5.69 Å². The van der Waals surface area contributed by atoms with E-state index in [0.717, 1.165) is 18.3 Å². The molecular weight excluding hydrogens is 212 g/mol. The summed E-state index contributed by atoms with van der Waals surface area (Å²) in [6.45, 7) is 6.97. The van der Waals surface area contributed by atoms with Gasteiger partial charge in [-0.15, -0.1) is 0 Å². The fourth-order valence-electron chi connectivity index (χ4n) is 3.09. The summed E-state index contributed by atoms with van der Waals surface area (Å²) in [7, 11) is 0. The van der Waals surface area contributed by atoms with Crippen molar-refractivity contribution < 1.29 is 0 Å². The van der Waals surface area contributed by atoms with Crippen molar-refractivity contribution in [3.63, 3.8) is 0 Å². The molecule has 0 amide bonds. The van der Waals surface area contributed by atoms with E-state index in [-0.39, 0.29) is 0 Å². The Bertz CT molecular complexity index is 367. The average Bonchev–Trinajstić information content (AvgIpc) is 2.78. The minimum Gasteiger partial charge on any atom is -0.298 e. The van der Waals surface area contributed by atoms with Gasteiger partial charge in [-0.05, 0) is 38.4 Å². The normalized spacial score (nSPS) is 30.4. The van der Waals surface area contributed by atoms with Crippen LogP contribution in [0.15, 0.2) is 18.3 Å². The first-order valence-corrected chi connectivity index (χ1v) is 6.57. The van der Waals surface area contributed by atoms with Crippen LogP contribution in [0.3, 0.4) is 0 Å². The number of aromatic nitrogens is 2. The van der Waals surface area contributed by atoms with Gasteiger partial charge in [-0.1, -0.05) is 0 Å². The molecule has 2 aliphatic rings. The highest BCUT2D eigenvalue weighted by Crippen LogP contribution is 2.25. The number of hydrogen-bond acceptors (Lipinski definition) is 4. The van der Waals surface area contributed by atoms with Gasteiger partial charge in [-0.25, -0.2) is 0 Å². The molecule has 0 aliphatic carbocycles. The number of rotatable bonds is 2. The highest BCUT2D eigenvalue weighted by Gasteiger charge is 2.34. The van der Waals surface area contributed by atoms with Crippen molar-refractivity contribution in [3.05, 3.63) is 24.0 Å². The third kappa shape index (κ3) is 2.33.